The summed E-state index contributed by atoms with van der Waals surface area (Å²) >= 11 is 0. The van der Waals surface area contributed by atoms with Crippen molar-refractivity contribution in [3.05, 3.63) is 71.3 Å². The molecule has 0 spiro atoms. The monoisotopic (exact) mass is 344 g/mol. The number of rotatable bonds is 6. The van der Waals surface area contributed by atoms with Gasteiger partial charge in [0.05, 0.1) is 4.90 Å². The number of carbonyl (C=O) groups is 1. The first-order chi connectivity index (χ1) is 11.3. The molecule has 0 aliphatic rings. The molecule has 2 aromatic rings. The van der Waals surface area contributed by atoms with Crippen LogP contribution >= 0.6 is 0 Å². The van der Waals surface area contributed by atoms with Crippen molar-refractivity contribution >= 4 is 22.0 Å². The van der Waals surface area contributed by atoms with Gasteiger partial charge in [0.2, 0.25) is 15.9 Å². The normalized spacial score (nSPS) is 11.6. The standard InChI is InChI=1S/C18H20N2O3S/c1-14-8-10-15(11-9-14)4-3-7-18(21)20-13-16-5-2-6-17(12-16)24(19,22)23/h2-6,8-12H,7,13H2,1H3,(H,20,21)(H2,19,22,23)/b4-3+. The number of hydrogen-bond acceptors (Lipinski definition) is 3. The molecule has 0 aromatic heterocycles. The molecule has 0 fully saturated rings. The lowest BCUT2D eigenvalue weighted by molar-refractivity contribution is -0.120. The smallest absolute Gasteiger partial charge is 0.238 e. The molecule has 6 heteroatoms. The minimum absolute atomic E-state index is 0.0357. The Labute approximate surface area is 142 Å². The van der Waals surface area contributed by atoms with E-state index in [1.165, 1.54) is 17.7 Å². The van der Waals surface area contributed by atoms with Gasteiger partial charge in [-0.1, -0.05) is 54.1 Å². The summed E-state index contributed by atoms with van der Waals surface area (Å²) in [4.78, 5) is 11.9. The fraction of sp³-hybridized carbons (Fsp3) is 0.167. The van der Waals surface area contributed by atoms with Crippen molar-refractivity contribution in [2.75, 3.05) is 0 Å². The lowest BCUT2D eigenvalue weighted by Gasteiger charge is -2.05. The third-order valence-electron chi connectivity index (χ3n) is 3.41. The molecule has 0 saturated heterocycles. The van der Waals surface area contributed by atoms with E-state index in [0.717, 1.165) is 5.56 Å². The topological polar surface area (TPSA) is 89.3 Å². The fourth-order valence-corrected chi connectivity index (χ4v) is 2.67. The molecule has 5 nitrogen and oxygen atoms in total. The van der Waals surface area contributed by atoms with Gasteiger partial charge < -0.3 is 5.32 Å². The van der Waals surface area contributed by atoms with Gasteiger partial charge >= 0.3 is 0 Å². The molecule has 126 valence electrons. The Morgan fingerprint density at radius 3 is 2.54 bits per heavy atom. The summed E-state index contributed by atoms with van der Waals surface area (Å²) in [5.41, 5.74) is 2.90. The van der Waals surface area contributed by atoms with Crippen LogP contribution in [0.4, 0.5) is 0 Å². The van der Waals surface area contributed by atoms with Crippen LogP contribution in [-0.2, 0) is 21.4 Å². The summed E-state index contributed by atoms with van der Waals surface area (Å²) in [7, 11) is -3.74. The molecule has 0 bridgehead atoms. The molecule has 0 atom stereocenters. The van der Waals surface area contributed by atoms with Crippen LogP contribution in [0.2, 0.25) is 0 Å². The van der Waals surface area contributed by atoms with Crippen molar-refractivity contribution in [3.8, 4) is 0 Å². The first kappa shape index (κ1) is 17.9. The Bertz CT molecular complexity index is 841. The van der Waals surface area contributed by atoms with Gasteiger partial charge in [-0.2, -0.15) is 0 Å². The quantitative estimate of drug-likeness (QED) is 0.843. The molecule has 0 aliphatic heterocycles. The van der Waals surface area contributed by atoms with E-state index < -0.39 is 10.0 Å². The number of aryl methyl sites for hydroxylation is 1. The number of benzene rings is 2. The largest absolute Gasteiger partial charge is 0.352 e. The molecule has 0 saturated carbocycles. The second-order valence-corrected chi connectivity index (χ2v) is 7.05. The average molecular weight is 344 g/mol. The number of primary sulfonamides is 1. The summed E-state index contributed by atoms with van der Waals surface area (Å²) in [6.45, 7) is 2.27. The predicted molar refractivity (Wildman–Crippen MR) is 94.5 cm³/mol. The van der Waals surface area contributed by atoms with E-state index in [0.29, 0.717) is 5.56 Å². The molecule has 24 heavy (non-hydrogen) atoms. The van der Waals surface area contributed by atoms with E-state index in [1.807, 2.05) is 37.3 Å². The molecular weight excluding hydrogens is 324 g/mol. The van der Waals surface area contributed by atoms with E-state index >= 15 is 0 Å². The van der Waals surface area contributed by atoms with E-state index in [-0.39, 0.29) is 23.8 Å². The van der Waals surface area contributed by atoms with Gasteiger partial charge in [0.1, 0.15) is 0 Å². The van der Waals surface area contributed by atoms with Crippen molar-refractivity contribution in [3.63, 3.8) is 0 Å². The summed E-state index contributed by atoms with van der Waals surface area (Å²) < 4.78 is 22.6. The summed E-state index contributed by atoms with van der Waals surface area (Å²) in [6.07, 6.45) is 3.93. The van der Waals surface area contributed by atoms with E-state index in [9.17, 15) is 13.2 Å². The second-order valence-electron chi connectivity index (χ2n) is 5.49. The minimum Gasteiger partial charge on any atom is -0.352 e. The number of amides is 1. The van der Waals surface area contributed by atoms with E-state index in [2.05, 4.69) is 5.32 Å². The maximum Gasteiger partial charge on any atom is 0.238 e. The molecular formula is C18H20N2O3S. The summed E-state index contributed by atoms with van der Waals surface area (Å²) in [5, 5.41) is 7.83. The van der Waals surface area contributed by atoms with Gasteiger partial charge in [0.15, 0.2) is 0 Å². The highest BCUT2D eigenvalue weighted by molar-refractivity contribution is 7.89. The predicted octanol–water partition coefficient (Wildman–Crippen LogP) is 2.36. The van der Waals surface area contributed by atoms with Gasteiger partial charge in [0.25, 0.3) is 0 Å². The molecule has 2 aromatic carbocycles. The molecule has 0 radical (unpaired) electrons. The third kappa shape index (κ3) is 5.64. The molecule has 0 aliphatic carbocycles. The lowest BCUT2D eigenvalue weighted by Crippen LogP contribution is -2.22. The maximum atomic E-state index is 11.8. The van der Waals surface area contributed by atoms with Gasteiger partial charge in [-0.05, 0) is 30.2 Å². The van der Waals surface area contributed by atoms with Crippen molar-refractivity contribution in [2.24, 2.45) is 5.14 Å². The minimum atomic E-state index is -3.74. The summed E-state index contributed by atoms with van der Waals surface area (Å²) in [6, 6.07) is 14.2. The van der Waals surface area contributed by atoms with Gasteiger partial charge in [-0.15, -0.1) is 0 Å². The fourth-order valence-electron chi connectivity index (χ4n) is 2.08. The zero-order valence-corrected chi connectivity index (χ0v) is 14.2. The first-order valence-electron chi connectivity index (χ1n) is 7.46. The molecule has 3 N–H and O–H groups in total. The summed E-state index contributed by atoms with van der Waals surface area (Å²) in [5.74, 6) is -0.139. The van der Waals surface area contributed by atoms with Crippen LogP contribution in [0.1, 0.15) is 23.1 Å². The van der Waals surface area contributed by atoms with Gasteiger partial charge in [0, 0.05) is 13.0 Å². The van der Waals surface area contributed by atoms with Crippen LogP contribution in [0.15, 0.2) is 59.5 Å². The van der Waals surface area contributed by atoms with Crippen molar-refractivity contribution in [2.45, 2.75) is 24.8 Å². The van der Waals surface area contributed by atoms with Crippen molar-refractivity contribution in [1.29, 1.82) is 0 Å². The Morgan fingerprint density at radius 2 is 1.88 bits per heavy atom. The highest BCUT2D eigenvalue weighted by Gasteiger charge is 2.08. The maximum absolute atomic E-state index is 11.8. The van der Waals surface area contributed by atoms with Crippen LogP contribution in [-0.4, -0.2) is 14.3 Å². The molecule has 2 rings (SSSR count). The Hall–Kier alpha value is -2.44. The molecule has 0 unspecified atom stereocenters. The number of hydrogen-bond donors (Lipinski definition) is 2. The van der Waals surface area contributed by atoms with E-state index in [4.69, 9.17) is 5.14 Å². The van der Waals surface area contributed by atoms with Crippen molar-refractivity contribution < 1.29 is 13.2 Å². The zero-order chi connectivity index (χ0) is 17.6. The number of carbonyl (C=O) groups excluding carboxylic acids is 1. The average Bonchev–Trinajstić information content (AvgIpc) is 2.54. The lowest BCUT2D eigenvalue weighted by atomic mass is 10.1. The van der Waals surface area contributed by atoms with Crippen LogP contribution in [0.25, 0.3) is 6.08 Å². The van der Waals surface area contributed by atoms with E-state index in [1.54, 1.807) is 18.2 Å². The zero-order valence-electron chi connectivity index (χ0n) is 13.4. The Kier molecular flexibility index (Phi) is 5.89. The number of nitrogens with two attached hydrogens (primary N) is 1. The van der Waals surface area contributed by atoms with Crippen LogP contribution in [0, 0.1) is 6.92 Å². The van der Waals surface area contributed by atoms with Crippen molar-refractivity contribution in [1.82, 2.24) is 5.32 Å². The van der Waals surface area contributed by atoms with Crippen LogP contribution in [0.3, 0.4) is 0 Å². The van der Waals surface area contributed by atoms with Gasteiger partial charge in [-0.3, -0.25) is 4.79 Å². The Morgan fingerprint density at radius 1 is 1.17 bits per heavy atom. The molecule has 0 heterocycles. The number of sulfonamides is 1. The highest BCUT2D eigenvalue weighted by atomic mass is 32.2. The third-order valence-corrected chi connectivity index (χ3v) is 4.32. The molecule has 1 amide bonds. The van der Waals surface area contributed by atoms with Crippen LogP contribution < -0.4 is 10.5 Å². The second kappa shape index (κ2) is 7.90. The number of nitrogens with one attached hydrogen (secondary N) is 1. The Balaban J connectivity index is 1.86. The SMILES string of the molecule is Cc1ccc(/C=C/CC(=O)NCc2cccc(S(N)(=O)=O)c2)cc1. The highest BCUT2D eigenvalue weighted by Crippen LogP contribution is 2.10. The van der Waals surface area contributed by atoms with Gasteiger partial charge in [-0.25, -0.2) is 13.6 Å². The van der Waals surface area contributed by atoms with Crippen LogP contribution in [0.5, 0.6) is 0 Å². The first-order valence-corrected chi connectivity index (χ1v) is 9.01.